The highest BCUT2D eigenvalue weighted by Crippen LogP contribution is 2.38. The van der Waals surface area contributed by atoms with E-state index in [1.807, 2.05) is 24.3 Å². The Morgan fingerprint density at radius 1 is 1.06 bits per heavy atom. The molecule has 8 nitrogen and oxygen atoms in total. The van der Waals surface area contributed by atoms with Crippen molar-refractivity contribution in [1.29, 1.82) is 0 Å². The summed E-state index contributed by atoms with van der Waals surface area (Å²) in [6.07, 6.45) is -4.99. The van der Waals surface area contributed by atoms with Crippen LogP contribution in [0, 0.1) is 0 Å². The lowest BCUT2D eigenvalue weighted by atomic mass is 9.87. The van der Waals surface area contributed by atoms with E-state index < -0.39 is 36.8 Å². The summed E-state index contributed by atoms with van der Waals surface area (Å²) in [6, 6.07) is 12.2. The van der Waals surface area contributed by atoms with Crippen molar-refractivity contribution in [3.63, 3.8) is 0 Å². The Kier molecular flexibility index (Phi) is 7.04. The smallest absolute Gasteiger partial charge is 0.222 e. The van der Waals surface area contributed by atoms with E-state index in [0.717, 1.165) is 17.7 Å². The number of benzene rings is 2. The fourth-order valence-corrected chi connectivity index (χ4v) is 4.21. The van der Waals surface area contributed by atoms with Crippen molar-refractivity contribution in [2.24, 2.45) is 0 Å². The summed E-state index contributed by atoms with van der Waals surface area (Å²) in [5, 5.41) is 51.4. The van der Waals surface area contributed by atoms with E-state index >= 15 is 0 Å². The van der Waals surface area contributed by atoms with Crippen molar-refractivity contribution >= 4 is 11.6 Å². The van der Waals surface area contributed by atoms with Gasteiger partial charge in [0.25, 0.3) is 0 Å². The van der Waals surface area contributed by atoms with Crippen molar-refractivity contribution in [3.8, 4) is 5.75 Å². The zero-order valence-corrected chi connectivity index (χ0v) is 18.1. The molecule has 0 bridgehead atoms. The number of aliphatic hydroxyl groups is 5. The minimum Gasteiger partial charge on any atom is -0.488 e. The summed E-state index contributed by atoms with van der Waals surface area (Å²) < 4.78 is 16.6. The van der Waals surface area contributed by atoms with E-state index in [0.29, 0.717) is 30.2 Å². The van der Waals surface area contributed by atoms with Crippen molar-refractivity contribution in [2.45, 2.75) is 49.1 Å². The molecule has 2 aliphatic heterocycles. The lowest BCUT2D eigenvalue weighted by molar-refractivity contribution is -0.357. The standard InChI is InChI=1S/C23H27ClO8/c24-18-6-3-15(23(29)22(28)21(27)20(26)19(11-25)32-23)10-14(18)9-13-1-4-16(5-2-13)31-17-7-8-30-12-17/h1-6,10,17,19-22,25-29H,7-9,11-12H2/t17?,19-,20-,21+,22-,23?/m1/s1. The van der Waals surface area contributed by atoms with Crippen molar-refractivity contribution in [2.75, 3.05) is 19.8 Å². The van der Waals surface area contributed by atoms with Crippen LogP contribution in [0.4, 0.5) is 0 Å². The van der Waals surface area contributed by atoms with Crippen molar-refractivity contribution in [1.82, 2.24) is 0 Å². The summed E-state index contributed by atoms with van der Waals surface area (Å²) in [7, 11) is 0. The zero-order valence-electron chi connectivity index (χ0n) is 17.3. The molecule has 2 heterocycles. The lowest BCUT2D eigenvalue weighted by Gasteiger charge is -2.45. The minimum absolute atomic E-state index is 0.0613. The quantitative estimate of drug-likeness (QED) is 0.421. The highest BCUT2D eigenvalue weighted by atomic mass is 35.5. The second kappa shape index (κ2) is 9.62. The summed E-state index contributed by atoms with van der Waals surface area (Å²) in [5.74, 6) is -1.58. The maximum absolute atomic E-state index is 11.0. The van der Waals surface area contributed by atoms with Gasteiger partial charge in [0.15, 0.2) is 0 Å². The Morgan fingerprint density at radius 2 is 1.81 bits per heavy atom. The van der Waals surface area contributed by atoms with Crippen LogP contribution in [-0.2, 0) is 21.7 Å². The molecule has 4 rings (SSSR count). The average Bonchev–Trinajstić information content (AvgIpc) is 3.30. The minimum atomic E-state index is -2.33. The zero-order chi connectivity index (χ0) is 22.9. The van der Waals surface area contributed by atoms with Crippen LogP contribution in [0.15, 0.2) is 42.5 Å². The third kappa shape index (κ3) is 4.64. The first-order valence-electron chi connectivity index (χ1n) is 10.5. The van der Waals surface area contributed by atoms with E-state index in [1.165, 1.54) is 6.07 Å². The van der Waals surface area contributed by atoms with Crippen LogP contribution in [0.3, 0.4) is 0 Å². The average molecular weight is 467 g/mol. The SMILES string of the molecule is OC[C@H]1OC(O)(c2ccc(Cl)c(Cc3ccc(OC4CCOC4)cc3)c2)[C@H](O)[C@@H](O)[C@@H]1O. The van der Waals surface area contributed by atoms with Crippen LogP contribution in [-0.4, -0.2) is 75.9 Å². The molecule has 2 saturated heterocycles. The second-order valence-electron chi connectivity index (χ2n) is 8.19. The van der Waals surface area contributed by atoms with Crippen LogP contribution >= 0.6 is 11.6 Å². The predicted octanol–water partition coefficient (Wildman–Crippen LogP) is 0.717. The summed E-state index contributed by atoms with van der Waals surface area (Å²) in [5.41, 5.74) is 1.75. The number of rotatable bonds is 6. The van der Waals surface area contributed by atoms with Crippen LogP contribution in [0.5, 0.6) is 5.75 Å². The molecule has 2 aromatic carbocycles. The van der Waals surface area contributed by atoms with E-state index in [9.17, 15) is 25.5 Å². The molecule has 2 aromatic rings. The van der Waals surface area contributed by atoms with Crippen molar-refractivity contribution in [3.05, 3.63) is 64.2 Å². The summed E-state index contributed by atoms with van der Waals surface area (Å²) in [6.45, 7) is 0.649. The maximum Gasteiger partial charge on any atom is 0.222 e. The van der Waals surface area contributed by atoms with E-state index in [2.05, 4.69) is 0 Å². The molecule has 2 fully saturated rings. The molecule has 0 saturated carbocycles. The van der Waals surface area contributed by atoms with Gasteiger partial charge < -0.3 is 39.7 Å². The second-order valence-corrected chi connectivity index (χ2v) is 8.60. The van der Waals surface area contributed by atoms with E-state index in [1.54, 1.807) is 12.1 Å². The van der Waals surface area contributed by atoms with Crippen LogP contribution < -0.4 is 4.74 Å². The third-order valence-corrected chi connectivity index (χ3v) is 6.30. The molecule has 0 radical (unpaired) electrons. The van der Waals surface area contributed by atoms with Gasteiger partial charge in [-0.3, -0.25) is 0 Å². The number of halogens is 1. The third-order valence-electron chi connectivity index (χ3n) is 5.93. The first kappa shape index (κ1) is 23.4. The first-order valence-corrected chi connectivity index (χ1v) is 10.9. The van der Waals surface area contributed by atoms with Gasteiger partial charge in [-0.15, -0.1) is 0 Å². The van der Waals surface area contributed by atoms with E-state index in [4.69, 9.17) is 25.8 Å². The molecule has 2 aliphatic rings. The molecule has 32 heavy (non-hydrogen) atoms. The molecular weight excluding hydrogens is 440 g/mol. The summed E-state index contributed by atoms with van der Waals surface area (Å²) >= 11 is 6.37. The van der Waals surface area contributed by atoms with Crippen LogP contribution in [0.25, 0.3) is 0 Å². The van der Waals surface area contributed by atoms with Crippen LogP contribution in [0.2, 0.25) is 5.02 Å². The predicted molar refractivity (Wildman–Crippen MR) is 114 cm³/mol. The molecule has 0 aliphatic carbocycles. The Bertz CT molecular complexity index is 915. The Balaban J connectivity index is 1.53. The van der Waals surface area contributed by atoms with Gasteiger partial charge in [0, 0.05) is 17.0 Å². The molecule has 0 aromatic heterocycles. The van der Waals surface area contributed by atoms with Gasteiger partial charge in [-0.1, -0.05) is 29.8 Å². The first-order chi connectivity index (χ1) is 15.3. The Labute approximate surface area is 190 Å². The van der Waals surface area contributed by atoms with Gasteiger partial charge in [-0.05, 0) is 41.8 Å². The van der Waals surface area contributed by atoms with Gasteiger partial charge in [0.1, 0.15) is 36.3 Å². The topological polar surface area (TPSA) is 129 Å². The summed E-state index contributed by atoms with van der Waals surface area (Å²) in [4.78, 5) is 0. The fourth-order valence-electron chi connectivity index (χ4n) is 4.03. The monoisotopic (exact) mass is 466 g/mol. The van der Waals surface area contributed by atoms with Gasteiger partial charge in [0.05, 0.1) is 19.8 Å². The molecule has 174 valence electrons. The Morgan fingerprint density at radius 3 is 2.47 bits per heavy atom. The number of aliphatic hydroxyl groups excluding tert-OH is 4. The molecule has 2 unspecified atom stereocenters. The molecule has 5 N–H and O–H groups in total. The van der Waals surface area contributed by atoms with E-state index in [-0.39, 0.29) is 11.7 Å². The number of ether oxygens (including phenoxy) is 3. The van der Waals surface area contributed by atoms with Crippen LogP contribution in [0.1, 0.15) is 23.1 Å². The lowest BCUT2D eigenvalue weighted by Crippen LogP contribution is -2.63. The molecule has 0 spiro atoms. The Hall–Kier alpha value is -1.75. The molecule has 9 heteroatoms. The maximum atomic E-state index is 11.0. The van der Waals surface area contributed by atoms with Crippen molar-refractivity contribution < 1.29 is 39.7 Å². The number of hydrogen-bond acceptors (Lipinski definition) is 8. The molecular formula is C23H27ClO8. The molecule has 0 amide bonds. The normalized spacial score (nSPS) is 32.8. The highest BCUT2D eigenvalue weighted by molar-refractivity contribution is 6.31. The number of hydrogen-bond donors (Lipinski definition) is 5. The highest BCUT2D eigenvalue weighted by Gasteiger charge is 2.53. The fraction of sp³-hybridized carbons (Fsp3) is 0.478. The largest absolute Gasteiger partial charge is 0.488 e. The van der Waals surface area contributed by atoms with Gasteiger partial charge in [0.2, 0.25) is 5.79 Å². The molecule has 6 atom stereocenters. The van der Waals surface area contributed by atoms with Gasteiger partial charge >= 0.3 is 0 Å². The van der Waals surface area contributed by atoms with Gasteiger partial charge in [-0.25, -0.2) is 0 Å². The van der Waals surface area contributed by atoms with Gasteiger partial charge in [-0.2, -0.15) is 0 Å².